The predicted molar refractivity (Wildman–Crippen MR) is 101 cm³/mol. The van der Waals surface area contributed by atoms with Crippen LogP contribution < -0.4 is 10.5 Å². The SMILES string of the molecule is CCc1nnc([C@H]2C(=N)S/C(=C\c3ccc(OCC(N)=O)cc3)C2=O)s1. The fraction of sp³-hybridized carbons (Fsp3) is 0.235. The number of thioether (sulfide) groups is 1. The van der Waals surface area contributed by atoms with Crippen molar-refractivity contribution in [3.63, 3.8) is 0 Å². The lowest BCUT2D eigenvalue weighted by Gasteiger charge is -2.04. The molecule has 1 aliphatic rings. The summed E-state index contributed by atoms with van der Waals surface area (Å²) in [5.74, 6) is -0.811. The zero-order valence-corrected chi connectivity index (χ0v) is 15.5. The van der Waals surface area contributed by atoms with Gasteiger partial charge in [0.15, 0.2) is 12.4 Å². The number of aryl methyl sites for hydroxylation is 1. The molecule has 1 aromatic heterocycles. The van der Waals surface area contributed by atoms with Crippen molar-refractivity contribution in [2.45, 2.75) is 19.3 Å². The molecule has 0 unspecified atom stereocenters. The monoisotopic (exact) mass is 388 g/mol. The van der Waals surface area contributed by atoms with E-state index in [9.17, 15) is 9.59 Å². The van der Waals surface area contributed by atoms with Crippen LogP contribution in [0, 0.1) is 5.41 Å². The number of aromatic nitrogens is 2. The molecule has 2 aromatic rings. The van der Waals surface area contributed by atoms with Gasteiger partial charge in [0.1, 0.15) is 21.7 Å². The third kappa shape index (κ3) is 4.00. The van der Waals surface area contributed by atoms with Crippen molar-refractivity contribution in [1.82, 2.24) is 10.2 Å². The Morgan fingerprint density at radius 3 is 2.69 bits per heavy atom. The van der Waals surface area contributed by atoms with Crippen LogP contribution in [0.2, 0.25) is 0 Å². The molecule has 0 radical (unpaired) electrons. The topological polar surface area (TPSA) is 119 Å². The smallest absolute Gasteiger partial charge is 0.255 e. The van der Waals surface area contributed by atoms with Gasteiger partial charge in [-0.15, -0.1) is 21.5 Å². The van der Waals surface area contributed by atoms with Crippen LogP contribution in [0.25, 0.3) is 6.08 Å². The maximum Gasteiger partial charge on any atom is 0.255 e. The highest BCUT2D eigenvalue weighted by Gasteiger charge is 2.39. The van der Waals surface area contributed by atoms with Gasteiger partial charge < -0.3 is 10.5 Å². The van der Waals surface area contributed by atoms with E-state index in [4.69, 9.17) is 15.9 Å². The van der Waals surface area contributed by atoms with Gasteiger partial charge in [0, 0.05) is 0 Å². The minimum absolute atomic E-state index is 0.132. The summed E-state index contributed by atoms with van der Waals surface area (Å²) in [7, 11) is 0. The molecule has 1 saturated heterocycles. The van der Waals surface area contributed by atoms with E-state index < -0.39 is 11.8 Å². The summed E-state index contributed by atoms with van der Waals surface area (Å²) >= 11 is 2.52. The quantitative estimate of drug-likeness (QED) is 0.733. The van der Waals surface area contributed by atoms with Crippen LogP contribution in [-0.4, -0.2) is 33.5 Å². The van der Waals surface area contributed by atoms with Crippen LogP contribution in [0.5, 0.6) is 5.75 Å². The van der Waals surface area contributed by atoms with E-state index in [-0.39, 0.29) is 17.4 Å². The van der Waals surface area contributed by atoms with E-state index >= 15 is 0 Å². The molecule has 0 bridgehead atoms. The van der Waals surface area contributed by atoms with Gasteiger partial charge in [0.2, 0.25) is 0 Å². The third-order valence-electron chi connectivity index (χ3n) is 3.58. The number of hydrogen-bond acceptors (Lipinski definition) is 8. The fourth-order valence-corrected chi connectivity index (χ4v) is 4.26. The first-order valence-corrected chi connectivity index (χ1v) is 9.47. The Bertz CT molecular complexity index is 890. The zero-order chi connectivity index (χ0) is 18.7. The first-order valence-electron chi connectivity index (χ1n) is 7.83. The molecule has 0 saturated carbocycles. The minimum atomic E-state index is -0.651. The third-order valence-corrected chi connectivity index (χ3v) is 5.70. The van der Waals surface area contributed by atoms with Gasteiger partial charge in [-0.25, -0.2) is 0 Å². The van der Waals surface area contributed by atoms with Gasteiger partial charge in [-0.3, -0.25) is 15.0 Å². The molecule has 0 aliphatic carbocycles. The van der Waals surface area contributed by atoms with Gasteiger partial charge >= 0.3 is 0 Å². The predicted octanol–water partition coefficient (Wildman–Crippen LogP) is 2.38. The normalized spacial score (nSPS) is 18.5. The number of Topliss-reactive ketones (excluding diaryl/α,β-unsaturated/α-hetero) is 1. The standard InChI is InChI=1S/C17H16N4O3S2/c1-2-13-20-21-17(26-13)14-15(23)11(25-16(14)19)7-9-3-5-10(6-4-9)24-8-12(18)22/h3-7,14,19H,2,8H2,1H3,(H2,18,22)/b11-7-,19-16?/t14-/m1/s1. The summed E-state index contributed by atoms with van der Waals surface area (Å²) in [4.78, 5) is 23.9. The number of ketones is 1. The molecule has 3 N–H and O–H groups in total. The van der Waals surface area contributed by atoms with E-state index in [0.717, 1.165) is 28.8 Å². The highest BCUT2D eigenvalue weighted by Crippen LogP contribution is 2.41. The van der Waals surface area contributed by atoms with Crippen LogP contribution >= 0.6 is 23.1 Å². The molecule has 1 aliphatic heterocycles. The number of nitrogens with one attached hydrogen (secondary N) is 1. The molecule has 1 aromatic carbocycles. The highest BCUT2D eigenvalue weighted by atomic mass is 32.2. The van der Waals surface area contributed by atoms with Crippen molar-refractivity contribution in [2.75, 3.05) is 6.61 Å². The lowest BCUT2D eigenvalue weighted by molar-refractivity contribution is -0.120. The van der Waals surface area contributed by atoms with Crippen molar-refractivity contribution >= 4 is 45.9 Å². The number of carbonyl (C=O) groups excluding carboxylic acids is 2. The summed E-state index contributed by atoms with van der Waals surface area (Å²) in [5.41, 5.74) is 5.83. The summed E-state index contributed by atoms with van der Waals surface area (Å²) in [6.45, 7) is 1.79. The Morgan fingerprint density at radius 2 is 2.08 bits per heavy atom. The first kappa shape index (κ1) is 18.3. The number of rotatable bonds is 6. The number of benzene rings is 1. The summed E-state index contributed by atoms with van der Waals surface area (Å²) < 4.78 is 5.20. The van der Waals surface area contributed by atoms with E-state index in [1.807, 2.05) is 6.92 Å². The average molecular weight is 388 g/mol. The minimum Gasteiger partial charge on any atom is -0.484 e. The molecule has 0 spiro atoms. The van der Waals surface area contributed by atoms with Crippen LogP contribution in [0.1, 0.15) is 28.4 Å². The Balaban J connectivity index is 1.76. The Labute approximate surface area is 158 Å². The number of ether oxygens (including phenoxy) is 1. The Hall–Kier alpha value is -2.52. The number of primary amides is 1. The number of allylic oxidation sites excluding steroid dienone is 1. The molecule has 9 heteroatoms. The van der Waals surface area contributed by atoms with Gasteiger partial charge in [0.05, 0.1) is 9.95 Å². The number of amides is 1. The van der Waals surface area contributed by atoms with Crippen LogP contribution in [0.3, 0.4) is 0 Å². The number of carbonyl (C=O) groups is 2. The molecule has 26 heavy (non-hydrogen) atoms. The van der Waals surface area contributed by atoms with Crippen molar-refractivity contribution < 1.29 is 14.3 Å². The van der Waals surface area contributed by atoms with Crippen molar-refractivity contribution in [2.24, 2.45) is 5.73 Å². The van der Waals surface area contributed by atoms with Crippen LogP contribution in [0.4, 0.5) is 0 Å². The van der Waals surface area contributed by atoms with Crippen molar-refractivity contribution in [1.29, 1.82) is 5.41 Å². The van der Waals surface area contributed by atoms with Crippen molar-refractivity contribution in [3.05, 3.63) is 44.7 Å². The second-order valence-electron chi connectivity index (χ2n) is 5.48. The average Bonchev–Trinajstić information content (AvgIpc) is 3.19. The molecular formula is C17H16N4O3S2. The Kier molecular flexibility index (Phi) is 5.48. The van der Waals surface area contributed by atoms with Gasteiger partial charge in [-0.2, -0.15) is 0 Å². The summed E-state index contributed by atoms with van der Waals surface area (Å²) in [5, 5.41) is 17.9. The highest BCUT2D eigenvalue weighted by molar-refractivity contribution is 8.19. The first-order chi connectivity index (χ1) is 12.5. The maximum absolute atomic E-state index is 12.7. The molecule has 7 nitrogen and oxygen atoms in total. The van der Waals surface area contributed by atoms with Crippen LogP contribution in [0.15, 0.2) is 29.2 Å². The largest absolute Gasteiger partial charge is 0.484 e. The summed E-state index contributed by atoms with van der Waals surface area (Å²) in [6, 6.07) is 6.93. The second-order valence-corrected chi connectivity index (χ2v) is 7.66. The number of nitrogens with zero attached hydrogens (tertiary/aromatic N) is 2. The molecule has 134 valence electrons. The zero-order valence-electron chi connectivity index (χ0n) is 13.9. The summed E-state index contributed by atoms with van der Waals surface area (Å²) in [6.07, 6.45) is 2.49. The molecule has 1 fully saturated rings. The molecule has 1 amide bonds. The number of nitrogens with two attached hydrogens (primary N) is 1. The Morgan fingerprint density at radius 1 is 1.35 bits per heavy atom. The van der Waals surface area contributed by atoms with E-state index in [1.54, 1.807) is 30.3 Å². The van der Waals surface area contributed by atoms with E-state index in [0.29, 0.717) is 15.7 Å². The van der Waals surface area contributed by atoms with Gasteiger partial charge in [0.25, 0.3) is 5.91 Å². The molecular weight excluding hydrogens is 372 g/mol. The molecule has 2 heterocycles. The number of hydrogen-bond donors (Lipinski definition) is 2. The lowest BCUT2D eigenvalue weighted by atomic mass is 10.1. The lowest BCUT2D eigenvalue weighted by Crippen LogP contribution is -2.19. The molecule has 3 rings (SSSR count). The van der Waals surface area contributed by atoms with Gasteiger partial charge in [-0.05, 0) is 30.2 Å². The fourth-order valence-electron chi connectivity index (χ4n) is 2.31. The second kappa shape index (κ2) is 7.79. The van der Waals surface area contributed by atoms with Crippen molar-refractivity contribution in [3.8, 4) is 5.75 Å². The van der Waals surface area contributed by atoms with E-state index in [1.165, 1.54) is 11.3 Å². The van der Waals surface area contributed by atoms with Gasteiger partial charge in [-0.1, -0.05) is 30.8 Å². The molecule has 1 atom stereocenters. The van der Waals surface area contributed by atoms with Crippen LogP contribution in [-0.2, 0) is 16.0 Å². The van der Waals surface area contributed by atoms with E-state index in [2.05, 4.69) is 10.2 Å². The maximum atomic E-state index is 12.7.